The maximum Gasteiger partial charge on any atom is 0.321 e. The summed E-state index contributed by atoms with van der Waals surface area (Å²) in [7, 11) is 1.54. The van der Waals surface area contributed by atoms with Crippen LogP contribution < -0.4 is 15.1 Å². The Bertz CT molecular complexity index is 641. The molecule has 0 saturated carbocycles. The highest BCUT2D eigenvalue weighted by atomic mass is 16.5. The lowest BCUT2D eigenvalue weighted by Crippen LogP contribution is -2.44. The Balaban J connectivity index is 2.14. The van der Waals surface area contributed by atoms with Crippen LogP contribution in [0.15, 0.2) is 23.3 Å². The van der Waals surface area contributed by atoms with E-state index in [1.807, 2.05) is 6.07 Å². The number of nitrogens with zero attached hydrogens (tertiary/aromatic N) is 2. The van der Waals surface area contributed by atoms with E-state index >= 15 is 0 Å². The maximum atomic E-state index is 12.5. The minimum Gasteiger partial charge on any atom is -0.497 e. The van der Waals surface area contributed by atoms with Crippen molar-refractivity contribution in [1.29, 1.82) is 0 Å². The van der Waals surface area contributed by atoms with Crippen molar-refractivity contribution < 1.29 is 19.1 Å². The number of ether oxygens (including phenoxy) is 2. The van der Waals surface area contributed by atoms with Crippen molar-refractivity contribution in [2.75, 3.05) is 25.3 Å². The third-order valence-corrected chi connectivity index (χ3v) is 3.51. The van der Waals surface area contributed by atoms with Gasteiger partial charge in [-0.3, -0.25) is 15.0 Å². The highest BCUT2D eigenvalue weighted by Gasteiger charge is 2.44. The number of anilines is 1. The van der Waals surface area contributed by atoms with Crippen molar-refractivity contribution in [1.82, 2.24) is 5.43 Å². The van der Waals surface area contributed by atoms with Gasteiger partial charge in [0.25, 0.3) is 0 Å². The fourth-order valence-electron chi connectivity index (χ4n) is 2.57. The average molecular weight is 289 g/mol. The summed E-state index contributed by atoms with van der Waals surface area (Å²) in [6.07, 6.45) is 0. The summed E-state index contributed by atoms with van der Waals surface area (Å²) in [5, 5.41) is 3.98. The van der Waals surface area contributed by atoms with Crippen LogP contribution in [0.5, 0.6) is 5.75 Å². The molecule has 1 aromatic rings. The van der Waals surface area contributed by atoms with E-state index in [2.05, 4.69) is 10.5 Å². The molecule has 2 aliphatic heterocycles. The Kier molecular flexibility index (Phi) is 3.25. The van der Waals surface area contributed by atoms with E-state index in [-0.39, 0.29) is 18.2 Å². The summed E-state index contributed by atoms with van der Waals surface area (Å²) in [4.78, 5) is 26.5. The molecule has 2 heterocycles. The van der Waals surface area contributed by atoms with Gasteiger partial charge in [0.1, 0.15) is 12.4 Å². The summed E-state index contributed by atoms with van der Waals surface area (Å²) in [6.45, 7) is 2.32. The van der Waals surface area contributed by atoms with Crippen molar-refractivity contribution in [2.45, 2.75) is 12.8 Å². The highest BCUT2D eigenvalue weighted by molar-refractivity contribution is 6.50. The van der Waals surface area contributed by atoms with E-state index in [1.54, 1.807) is 24.0 Å². The Morgan fingerprint density at radius 1 is 1.52 bits per heavy atom. The van der Waals surface area contributed by atoms with Gasteiger partial charge in [-0.1, -0.05) is 0 Å². The van der Waals surface area contributed by atoms with E-state index in [4.69, 9.17) is 9.47 Å². The number of hydrogen-bond acceptors (Lipinski definition) is 7. The van der Waals surface area contributed by atoms with Gasteiger partial charge >= 0.3 is 5.97 Å². The smallest absolute Gasteiger partial charge is 0.321 e. The van der Waals surface area contributed by atoms with Gasteiger partial charge in [0.2, 0.25) is 5.78 Å². The summed E-state index contributed by atoms with van der Waals surface area (Å²) in [5.74, 6) is -1.09. The number of carbonyl (C=O) groups is 2. The molecule has 3 rings (SSSR count). The molecule has 21 heavy (non-hydrogen) atoms. The van der Waals surface area contributed by atoms with Crippen LogP contribution >= 0.6 is 0 Å². The Morgan fingerprint density at radius 2 is 2.33 bits per heavy atom. The Hall–Kier alpha value is -2.57. The van der Waals surface area contributed by atoms with E-state index in [0.717, 1.165) is 5.69 Å². The lowest BCUT2D eigenvalue weighted by atomic mass is 9.88. The fraction of sp³-hybridized carbons (Fsp3) is 0.357. The number of nitrogens with one attached hydrogen (secondary N) is 1. The predicted octanol–water partition coefficient (Wildman–Crippen LogP) is 0.605. The zero-order valence-corrected chi connectivity index (χ0v) is 11.8. The third-order valence-electron chi connectivity index (χ3n) is 3.51. The topological polar surface area (TPSA) is 80.2 Å². The second-order valence-corrected chi connectivity index (χ2v) is 4.65. The van der Waals surface area contributed by atoms with Gasteiger partial charge in [-0.25, -0.2) is 0 Å². The van der Waals surface area contributed by atoms with Gasteiger partial charge in [-0.05, 0) is 25.1 Å². The monoisotopic (exact) mass is 289 g/mol. The summed E-state index contributed by atoms with van der Waals surface area (Å²) in [5.41, 5.74) is 4.11. The number of methoxy groups -OCH3 is 1. The fourth-order valence-corrected chi connectivity index (χ4v) is 2.57. The number of ketones is 1. The van der Waals surface area contributed by atoms with Crippen molar-refractivity contribution in [2.24, 2.45) is 5.10 Å². The minimum atomic E-state index is -0.995. The number of esters is 1. The van der Waals surface area contributed by atoms with Crippen LogP contribution in [0, 0.1) is 0 Å². The highest BCUT2D eigenvalue weighted by Crippen LogP contribution is 2.38. The molecule has 0 fully saturated rings. The van der Waals surface area contributed by atoms with Crippen LogP contribution in [0.1, 0.15) is 18.4 Å². The van der Waals surface area contributed by atoms with Gasteiger partial charge in [0, 0.05) is 11.3 Å². The molecule has 2 aliphatic rings. The van der Waals surface area contributed by atoms with Crippen LogP contribution in [-0.4, -0.2) is 38.0 Å². The molecule has 1 aromatic carbocycles. The molecule has 0 aliphatic carbocycles. The number of rotatable bonds is 3. The minimum absolute atomic E-state index is 0.219. The van der Waals surface area contributed by atoms with E-state index in [9.17, 15) is 9.59 Å². The summed E-state index contributed by atoms with van der Waals surface area (Å²) >= 11 is 0. The second kappa shape index (κ2) is 5.08. The first-order valence-electron chi connectivity index (χ1n) is 6.64. The van der Waals surface area contributed by atoms with Gasteiger partial charge < -0.3 is 14.4 Å². The van der Waals surface area contributed by atoms with Crippen molar-refractivity contribution in [3.05, 3.63) is 23.8 Å². The lowest BCUT2D eigenvalue weighted by Gasteiger charge is -2.30. The maximum absolute atomic E-state index is 12.5. The zero-order valence-electron chi connectivity index (χ0n) is 11.8. The van der Waals surface area contributed by atoms with Gasteiger partial charge in [-0.2, -0.15) is 5.10 Å². The molecule has 110 valence electrons. The van der Waals surface area contributed by atoms with Crippen molar-refractivity contribution >= 4 is 23.3 Å². The number of fused-ring (bicyclic) bond motifs is 3. The first kappa shape index (κ1) is 13.4. The summed E-state index contributed by atoms with van der Waals surface area (Å²) in [6, 6.07) is 5.30. The molecular weight excluding hydrogens is 274 g/mol. The number of hydrogen-bond donors (Lipinski definition) is 1. The van der Waals surface area contributed by atoms with Crippen LogP contribution in [0.4, 0.5) is 5.69 Å². The van der Waals surface area contributed by atoms with E-state index in [1.165, 1.54) is 7.11 Å². The number of Topliss-reactive ketones (excluding diaryl/α,β-unsaturated/α-hetero) is 1. The molecule has 0 bridgehead atoms. The largest absolute Gasteiger partial charge is 0.497 e. The number of carbonyl (C=O) groups excluding carboxylic acids is 2. The molecule has 0 radical (unpaired) electrons. The third kappa shape index (κ3) is 2.01. The van der Waals surface area contributed by atoms with Gasteiger partial charge in [-0.15, -0.1) is 0 Å². The van der Waals surface area contributed by atoms with Crippen LogP contribution in [-0.2, 0) is 14.3 Å². The molecule has 1 unspecified atom stereocenters. The average Bonchev–Trinajstić information content (AvgIpc) is 2.97. The van der Waals surface area contributed by atoms with E-state index < -0.39 is 11.9 Å². The SMILES string of the molecule is CCOC(=O)C1C(=O)C2=NNCN2c2ccc(OC)cc21. The number of benzene rings is 1. The van der Waals surface area contributed by atoms with Crippen molar-refractivity contribution in [3.8, 4) is 5.75 Å². The molecule has 0 spiro atoms. The Morgan fingerprint density at radius 3 is 3.05 bits per heavy atom. The summed E-state index contributed by atoms with van der Waals surface area (Å²) < 4.78 is 10.2. The molecule has 1 N–H and O–H groups in total. The molecule has 0 saturated heterocycles. The van der Waals surface area contributed by atoms with Gasteiger partial charge in [0.05, 0.1) is 13.7 Å². The Labute approximate surface area is 121 Å². The quantitative estimate of drug-likeness (QED) is 0.648. The molecule has 0 aromatic heterocycles. The lowest BCUT2D eigenvalue weighted by molar-refractivity contribution is -0.146. The number of hydrazone groups is 1. The normalized spacial score (nSPS) is 19.3. The second-order valence-electron chi connectivity index (χ2n) is 4.65. The first-order valence-corrected chi connectivity index (χ1v) is 6.64. The van der Waals surface area contributed by atoms with Crippen molar-refractivity contribution in [3.63, 3.8) is 0 Å². The molecule has 1 atom stereocenters. The molecule has 0 amide bonds. The van der Waals surface area contributed by atoms with Crippen LogP contribution in [0.3, 0.4) is 0 Å². The zero-order chi connectivity index (χ0) is 15.0. The van der Waals surface area contributed by atoms with Crippen LogP contribution in [0.2, 0.25) is 0 Å². The molecule has 7 nitrogen and oxygen atoms in total. The number of amidine groups is 1. The standard InChI is InChI=1S/C14H15N3O4/c1-3-21-14(19)11-9-6-8(20-2)4-5-10(9)17-7-15-16-13(17)12(11)18/h4-6,11,15H,3,7H2,1-2H3. The molecular formula is C14H15N3O4. The van der Waals surface area contributed by atoms with Gasteiger partial charge in [0.15, 0.2) is 11.8 Å². The predicted molar refractivity (Wildman–Crippen MR) is 75.3 cm³/mol. The van der Waals surface area contributed by atoms with E-state index in [0.29, 0.717) is 18.0 Å². The van der Waals surface area contributed by atoms with Crippen LogP contribution in [0.25, 0.3) is 0 Å². The molecule has 7 heteroatoms. The first-order chi connectivity index (χ1) is 10.2.